The number of benzene rings is 1. The average Bonchev–Trinajstić information content (AvgIpc) is 3.15. The summed E-state index contributed by atoms with van der Waals surface area (Å²) in [7, 11) is 0. The summed E-state index contributed by atoms with van der Waals surface area (Å²) >= 11 is 0. The fraction of sp³-hybridized carbons (Fsp3) is 0.607. The Morgan fingerprint density at radius 2 is 1.91 bits per heavy atom. The summed E-state index contributed by atoms with van der Waals surface area (Å²) < 4.78 is 0. The molecule has 4 saturated heterocycles. The molecule has 35 heavy (non-hydrogen) atoms. The van der Waals surface area contributed by atoms with Crippen molar-refractivity contribution < 1.29 is 14.4 Å². The molecular weight excluding hydrogens is 440 g/mol. The van der Waals surface area contributed by atoms with Crippen molar-refractivity contribution in [3.63, 3.8) is 0 Å². The van der Waals surface area contributed by atoms with Crippen LogP contribution >= 0.6 is 0 Å². The Morgan fingerprint density at radius 1 is 1.06 bits per heavy atom. The van der Waals surface area contributed by atoms with Gasteiger partial charge in [0.05, 0.1) is 12.6 Å². The zero-order valence-corrected chi connectivity index (χ0v) is 20.4. The number of hydrogen-bond donors (Lipinski definition) is 1. The number of fused-ring (bicyclic) bond motifs is 6. The van der Waals surface area contributed by atoms with Crippen LogP contribution in [0.15, 0.2) is 42.0 Å². The number of piperidine rings is 3. The van der Waals surface area contributed by atoms with Crippen LogP contribution in [0, 0.1) is 11.8 Å². The van der Waals surface area contributed by atoms with Crippen LogP contribution in [0.5, 0.6) is 0 Å². The molecule has 4 aliphatic heterocycles. The molecule has 0 radical (unpaired) electrons. The number of nitrogens with one attached hydrogen (secondary N) is 1. The lowest BCUT2D eigenvalue weighted by Gasteiger charge is -2.54. The Balaban J connectivity index is 1.10. The van der Waals surface area contributed by atoms with Crippen LogP contribution < -0.4 is 5.32 Å². The van der Waals surface area contributed by atoms with Gasteiger partial charge in [-0.15, -0.1) is 0 Å². The molecule has 4 fully saturated rings. The van der Waals surface area contributed by atoms with Crippen molar-refractivity contribution in [1.29, 1.82) is 0 Å². The van der Waals surface area contributed by atoms with Crippen molar-refractivity contribution in [2.75, 3.05) is 19.6 Å². The van der Waals surface area contributed by atoms with Crippen LogP contribution in [0.4, 0.5) is 4.79 Å². The van der Waals surface area contributed by atoms with Crippen LogP contribution in [0.3, 0.4) is 0 Å². The van der Waals surface area contributed by atoms with Gasteiger partial charge in [-0.3, -0.25) is 19.4 Å². The van der Waals surface area contributed by atoms with Gasteiger partial charge in [-0.25, -0.2) is 4.79 Å². The Morgan fingerprint density at radius 3 is 2.77 bits per heavy atom. The quantitative estimate of drug-likeness (QED) is 0.523. The number of imide groups is 1. The molecule has 186 valence electrons. The summed E-state index contributed by atoms with van der Waals surface area (Å²) in [6.07, 6.45) is 10.5. The van der Waals surface area contributed by atoms with E-state index >= 15 is 0 Å². The Labute approximate surface area is 207 Å². The first-order valence-electron chi connectivity index (χ1n) is 13.5. The van der Waals surface area contributed by atoms with Crippen molar-refractivity contribution in [3.8, 4) is 0 Å². The van der Waals surface area contributed by atoms with Crippen molar-refractivity contribution in [1.82, 2.24) is 20.0 Å². The maximum Gasteiger partial charge on any atom is 0.325 e. The second kappa shape index (κ2) is 9.41. The molecule has 0 unspecified atom stereocenters. The monoisotopic (exact) mass is 476 g/mol. The smallest absolute Gasteiger partial charge is 0.325 e. The molecule has 5 aliphatic rings. The number of carbonyl (C=O) groups excluding carboxylic acids is 3. The number of urea groups is 1. The highest BCUT2D eigenvalue weighted by molar-refractivity contribution is 6.04. The SMILES string of the molecule is O=C1N[C@@H](CCC(=O)N2CCCC3=C[C@H]4C[C@@H](CN5CCCC[C@H]45)[C@@H]32)C(=O)N1Cc1ccccc1. The van der Waals surface area contributed by atoms with Crippen LogP contribution in [0.2, 0.25) is 0 Å². The molecule has 7 heteroatoms. The van der Waals surface area contributed by atoms with Gasteiger partial charge in [-0.05, 0) is 62.5 Å². The van der Waals surface area contributed by atoms with Crippen molar-refractivity contribution in [3.05, 3.63) is 47.5 Å². The van der Waals surface area contributed by atoms with Crippen LogP contribution in [-0.4, -0.2) is 70.3 Å². The molecule has 4 heterocycles. The first-order chi connectivity index (χ1) is 17.1. The van der Waals surface area contributed by atoms with Crippen molar-refractivity contribution in [2.45, 2.75) is 76.0 Å². The molecule has 2 bridgehead atoms. The van der Waals surface area contributed by atoms with Crippen LogP contribution in [-0.2, 0) is 16.1 Å². The third-order valence-electron chi connectivity index (χ3n) is 8.91. The molecule has 4 amide bonds. The second-order valence-electron chi connectivity index (χ2n) is 11.0. The normalized spacial score (nSPS) is 32.6. The van der Waals surface area contributed by atoms with E-state index in [-0.39, 0.29) is 30.4 Å². The number of nitrogens with zero attached hydrogens (tertiary/aromatic N) is 3. The van der Waals surface area contributed by atoms with E-state index in [0.29, 0.717) is 30.7 Å². The molecule has 1 aromatic rings. The minimum Gasteiger partial charge on any atom is -0.336 e. The minimum absolute atomic E-state index is 0.128. The van der Waals surface area contributed by atoms with Crippen molar-refractivity contribution in [2.24, 2.45) is 11.8 Å². The first-order valence-corrected chi connectivity index (χ1v) is 13.5. The molecular formula is C28H36N4O3. The third kappa shape index (κ3) is 4.28. The largest absolute Gasteiger partial charge is 0.336 e. The number of rotatable bonds is 5. The summed E-state index contributed by atoms with van der Waals surface area (Å²) in [5.41, 5.74) is 2.40. The third-order valence-corrected chi connectivity index (χ3v) is 8.91. The number of amides is 4. The highest BCUT2D eigenvalue weighted by Crippen LogP contribution is 2.45. The fourth-order valence-electron chi connectivity index (χ4n) is 7.35. The van der Waals surface area contributed by atoms with Gasteiger partial charge in [-0.2, -0.15) is 0 Å². The van der Waals surface area contributed by atoms with Gasteiger partial charge in [0.1, 0.15) is 6.04 Å². The van der Waals surface area contributed by atoms with Crippen molar-refractivity contribution >= 4 is 17.8 Å². The Kier molecular flexibility index (Phi) is 6.13. The van der Waals surface area contributed by atoms with E-state index in [4.69, 9.17) is 0 Å². The van der Waals surface area contributed by atoms with Crippen LogP contribution in [0.1, 0.15) is 56.9 Å². The van der Waals surface area contributed by atoms with Gasteiger partial charge in [0.15, 0.2) is 0 Å². The molecule has 7 nitrogen and oxygen atoms in total. The van der Waals surface area contributed by atoms with E-state index in [1.807, 2.05) is 30.3 Å². The highest BCUT2D eigenvalue weighted by atomic mass is 16.2. The topological polar surface area (TPSA) is 73.0 Å². The summed E-state index contributed by atoms with van der Waals surface area (Å²) in [4.78, 5) is 44.9. The van der Waals surface area contributed by atoms with E-state index < -0.39 is 6.04 Å². The average molecular weight is 477 g/mol. The molecule has 1 N–H and O–H groups in total. The fourth-order valence-corrected chi connectivity index (χ4v) is 7.35. The van der Waals surface area contributed by atoms with Crippen LogP contribution in [0.25, 0.3) is 0 Å². The van der Waals surface area contributed by atoms with E-state index in [1.165, 1.54) is 42.7 Å². The zero-order valence-electron chi connectivity index (χ0n) is 20.4. The predicted molar refractivity (Wildman–Crippen MR) is 132 cm³/mol. The Bertz CT molecular complexity index is 1020. The number of likely N-dealkylation sites (tertiary alicyclic amines) is 1. The van der Waals surface area contributed by atoms with Gasteiger partial charge < -0.3 is 10.2 Å². The lowest BCUT2D eigenvalue weighted by Crippen LogP contribution is -2.60. The van der Waals surface area contributed by atoms with E-state index in [1.54, 1.807) is 0 Å². The summed E-state index contributed by atoms with van der Waals surface area (Å²) in [5, 5.41) is 2.80. The second-order valence-corrected chi connectivity index (χ2v) is 11.0. The first kappa shape index (κ1) is 22.8. The van der Waals surface area contributed by atoms with Gasteiger partial charge in [0, 0.05) is 25.6 Å². The maximum absolute atomic E-state index is 13.5. The van der Waals surface area contributed by atoms with Gasteiger partial charge >= 0.3 is 6.03 Å². The molecule has 1 aliphatic carbocycles. The maximum atomic E-state index is 13.5. The zero-order chi connectivity index (χ0) is 23.9. The van der Waals surface area contributed by atoms with Gasteiger partial charge in [0.2, 0.25) is 5.91 Å². The molecule has 5 atom stereocenters. The molecule has 0 spiro atoms. The summed E-state index contributed by atoms with van der Waals surface area (Å²) in [5.74, 6) is 1.07. The standard InChI is InChI=1S/C28H36N4O3/c33-25(12-11-23-27(34)32(28(35)29-23)17-19-7-2-1-3-8-19)31-14-6-9-20-15-21-16-22(26(20)31)18-30-13-5-4-10-24(21)30/h1-3,7-8,15,21-24,26H,4-6,9-14,16-18H2,(H,29,35)/t21-,22-,23-,24+,26+/m0/s1. The molecule has 1 aromatic carbocycles. The van der Waals surface area contributed by atoms with Gasteiger partial charge in [0.25, 0.3) is 5.91 Å². The molecule has 0 saturated carbocycles. The lowest BCUT2D eigenvalue weighted by molar-refractivity contribution is -0.136. The van der Waals surface area contributed by atoms with E-state index in [2.05, 4.69) is 21.2 Å². The highest BCUT2D eigenvalue weighted by Gasteiger charge is 2.47. The predicted octanol–water partition coefficient (Wildman–Crippen LogP) is 3.31. The lowest BCUT2D eigenvalue weighted by atomic mass is 9.68. The van der Waals surface area contributed by atoms with E-state index in [0.717, 1.165) is 31.5 Å². The Hall–Kier alpha value is -2.67. The molecule has 0 aromatic heterocycles. The van der Waals surface area contributed by atoms with Gasteiger partial charge in [-0.1, -0.05) is 48.4 Å². The number of hydrogen-bond acceptors (Lipinski definition) is 4. The van der Waals surface area contributed by atoms with E-state index in [9.17, 15) is 14.4 Å². The molecule has 6 rings (SSSR count). The number of carbonyl (C=O) groups is 3. The minimum atomic E-state index is -0.616. The summed E-state index contributed by atoms with van der Waals surface area (Å²) in [6.45, 7) is 3.37. The summed E-state index contributed by atoms with van der Waals surface area (Å²) in [6, 6.07) is 9.47.